The molecule has 8 nitrogen and oxygen atoms in total. The molecule has 170 valence electrons. The Balaban J connectivity index is 1.42. The van der Waals surface area contributed by atoms with Crippen molar-refractivity contribution in [2.45, 2.75) is 11.4 Å². The van der Waals surface area contributed by atoms with Gasteiger partial charge in [0.25, 0.3) is 0 Å². The summed E-state index contributed by atoms with van der Waals surface area (Å²) < 4.78 is 31.1. The normalized spacial score (nSPS) is 15.1. The Bertz CT molecular complexity index is 1390. The summed E-state index contributed by atoms with van der Waals surface area (Å²) in [5.74, 6) is 0.477. The molecule has 5 rings (SSSR count). The van der Waals surface area contributed by atoms with Crippen molar-refractivity contribution in [2.75, 3.05) is 37.9 Å². The van der Waals surface area contributed by atoms with E-state index in [0.29, 0.717) is 11.6 Å². The molecule has 0 aliphatic carbocycles. The third kappa shape index (κ3) is 4.90. The van der Waals surface area contributed by atoms with Crippen LogP contribution in [0.3, 0.4) is 0 Å². The molecule has 0 amide bonds. The number of pyridine rings is 1. The minimum atomic E-state index is -3.31. The SMILES string of the molecule is CS(=O)(=O)c1cccc(-c2cccc3nc(Nc4cccc(CN5CCOCC5)c4)nn23)c1. The maximum absolute atomic E-state index is 12.0. The predicted octanol–water partition coefficient (Wildman–Crippen LogP) is 3.38. The second-order valence-electron chi connectivity index (χ2n) is 8.13. The lowest BCUT2D eigenvalue weighted by Crippen LogP contribution is -2.35. The number of sulfone groups is 1. The maximum Gasteiger partial charge on any atom is 0.247 e. The zero-order valence-electron chi connectivity index (χ0n) is 18.3. The molecule has 2 aromatic carbocycles. The summed E-state index contributed by atoms with van der Waals surface area (Å²) >= 11 is 0. The van der Waals surface area contributed by atoms with E-state index in [4.69, 9.17) is 4.74 Å². The molecular formula is C24H25N5O3S. The fourth-order valence-electron chi connectivity index (χ4n) is 3.96. The van der Waals surface area contributed by atoms with E-state index in [0.717, 1.165) is 49.8 Å². The van der Waals surface area contributed by atoms with Gasteiger partial charge in [-0.15, -0.1) is 5.10 Å². The maximum atomic E-state index is 12.0. The van der Waals surface area contributed by atoms with Crippen LogP contribution in [0.15, 0.2) is 71.6 Å². The lowest BCUT2D eigenvalue weighted by molar-refractivity contribution is 0.0342. The monoisotopic (exact) mass is 463 g/mol. The number of hydrogen-bond acceptors (Lipinski definition) is 7. The van der Waals surface area contributed by atoms with Gasteiger partial charge >= 0.3 is 0 Å². The number of hydrogen-bond donors (Lipinski definition) is 1. The summed E-state index contributed by atoms with van der Waals surface area (Å²) in [6, 6.07) is 20.8. The summed E-state index contributed by atoms with van der Waals surface area (Å²) in [5, 5.41) is 7.94. The smallest absolute Gasteiger partial charge is 0.247 e. The topological polar surface area (TPSA) is 88.8 Å². The molecular weight excluding hydrogens is 438 g/mol. The molecule has 1 aliphatic heterocycles. The van der Waals surface area contributed by atoms with Crippen LogP contribution in [-0.4, -0.2) is 60.5 Å². The van der Waals surface area contributed by atoms with E-state index in [2.05, 4.69) is 32.4 Å². The first kappa shape index (κ1) is 21.6. The van der Waals surface area contributed by atoms with Crippen molar-refractivity contribution < 1.29 is 13.2 Å². The molecule has 3 heterocycles. The van der Waals surface area contributed by atoms with Crippen LogP contribution < -0.4 is 5.32 Å². The van der Waals surface area contributed by atoms with Crippen molar-refractivity contribution in [3.63, 3.8) is 0 Å². The second kappa shape index (κ2) is 8.93. The summed E-state index contributed by atoms with van der Waals surface area (Å²) in [5.41, 5.74) is 4.32. The molecule has 33 heavy (non-hydrogen) atoms. The Hall–Kier alpha value is -3.27. The van der Waals surface area contributed by atoms with E-state index in [9.17, 15) is 8.42 Å². The Morgan fingerprint density at radius 1 is 1.00 bits per heavy atom. The fraction of sp³-hybridized carbons (Fsp3) is 0.250. The van der Waals surface area contributed by atoms with Crippen molar-refractivity contribution >= 4 is 27.1 Å². The first-order chi connectivity index (χ1) is 16.0. The summed E-state index contributed by atoms with van der Waals surface area (Å²) in [7, 11) is -3.31. The largest absolute Gasteiger partial charge is 0.379 e. The molecule has 0 saturated carbocycles. The number of benzene rings is 2. The Labute approximate surface area is 192 Å². The third-order valence-corrected chi connectivity index (χ3v) is 6.72. The van der Waals surface area contributed by atoms with E-state index in [1.54, 1.807) is 22.7 Å². The van der Waals surface area contributed by atoms with Crippen molar-refractivity contribution in [3.05, 3.63) is 72.3 Å². The lowest BCUT2D eigenvalue weighted by Gasteiger charge is -2.26. The number of nitrogens with one attached hydrogen (secondary N) is 1. The van der Waals surface area contributed by atoms with Crippen molar-refractivity contribution in [3.8, 4) is 11.3 Å². The number of aromatic nitrogens is 3. The van der Waals surface area contributed by atoms with Crippen LogP contribution in [0.5, 0.6) is 0 Å². The molecule has 0 radical (unpaired) electrons. The van der Waals surface area contributed by atoms with Crippen LogP contribution in [0.2, 0.25) is 0 Å². The molecule has 1 fully saturated rings. The first-order valence-corrected chi connectivity index (χ1v) is 12.7. The molecule has 0 unspecified atom stereocenters. The van der Waals surface area contributed by atoms with Crippen LogP contribution in [0.25, 0.3) is 16.9 Å². The van der Waals surface area contributed by atoms with Gasteiger partial charge in [-0.05, 0) is 42.0 Å². The van der Waals surface area contributed by atoms with Gasteiger partial charge in [0.1, 0.15) is 0 Å². The van der Waals surface area contributed by atoms with Gasteiger partial charge < -0.3 is 10.1 Å². The van der Waals surface area contributed by atoms with Gasteiger partial charge in [0.2, 0.25) is 5.95 Å². The highest BCUT2D eigenvalue weighted by atomic mass is 32.2. The van der Waals surface area contributed by atoms with E-state index in [1.165, 1.54) is 11.8 Å². The van der Waals surface area contributed by atoms with Crippen LogP contribution in [0, 0.1) is 0 Å². The summed E-state index contributed by atoms with van der Waals surface area (Å²) in [6.45, 7) is 4.30. The van der Waals surface area contributed by atoms with Gasteiger partial charge in [0.15, 0.2) is 15.5 Å². The molecule has 1 N–H and O–H groups in total. The van der Waals surface area contributed by atoms with E-state index >= 15 is 0 Å². The number of fused-ring (bicyclic) bond motifs is 1. The first-order valence-electron chi connectivity index (χ1n) is 10.8. The van der Waals surface area contributed by atoms with Crippen molar-refractivity contribution in [1.29, 1.82) is 0 Å². The fourth-order valence-corrected chi connectivity index (χ4v) is 4.62. The quantitative estimate of drug-likeness (QED) is 0.469. The standard InChI is InChI=1S/C24H25N5O3S/c1-33(30,31)21-8-3-6-19(16-21)22-9-4-10-23-26-24(27-29(22)23)25-20-7-2-5-18(15-20)17-28-11-13-32-14-12-28/h2-10,15-16H,11-14,17H2,1H3,(H,25,27). The minimum absolute atomic E-state index is 0.271. The van der Waals surface area contributed by atoms with Crippen molar-refractivity contribution in [1.82, 2.24) is 19.5 Å². The molecule has 1 aliphatic rings. The number of nitrogens with zero attached hydrogens (tertiary/aromatic N) is 4. The van der Waals surface area contributed by atoms with Gasteiger partial charge in [0, 0.05) is 37.1 Å². The number of rotatable bonds is 6. The van der Waals surface area contributed by atoms with E-state index in [1.807, 2.05) is 36.4 Å². The number of ether oxygens (including phenoxy) is 1. The van der Waals surface area contributed by atoms with Gasteiger partial charge in [-0.25, -0.2) is 12.9 Å². The number of anilines is 2. The zero-order valence-corrected chi connectivity index (χ0v) is 19.1. The Kier molecular flexibility index (Phi) is 5.84. The molecule has 2 aromatic heterocycles. The molecule has 4 aromatic rings. The highest BCUT2D eigenvalue weighted by Gasteiger charge is 2.14. The number of morpholine rings is 1. The van der Waals surface area contributed by atoms with Gasteiger partial charge in [-0.3, -0.25) is 4.90 Å². The second-order valence-corrected chi connectivity index (χ2v) is 10.1. The van der Waals surface area contributed by atoms with Crippen LogP contribution in [-0.2, 0) is 21.1 Å². The average Bonchev–Trinajstić information content (AvgIpc) is 3.22. The van der Waals surface area contributed by atoms with Crippen LogP contribution >= 0.6 is 0 Å². The molecule has 0 bridgehead atoms. The van der Waals surface area contributed by atoms with E-state index < -0.39 is 9.84 Å². The molecule has 9 heteroatoms. The highest BCUT2D eigenvalue weighted by Crippen LogP contribution is 2.25. The summed E-state index contributed by atoms with van der Waals surface area (Å²) in [6.07, 6.45) is 1.21. The average molecular weight is 464 g/mol. The zero-order chi connectivity index (χ0) is 22.8. The van der Waals surface area contributed by atoms with Crippen LogP contribution in [0.1, 0.15) is 5.56 Å². The van der Waals surface area contributed by atoms with Gasteiger partial charge in [-0.1, -0.05) is 30.3 Å². The summed E-state index contributed by atoms with van der Waals surface area (Å²) in [4.78, 5) is 7.25. The Morgan fingerprint density at radius 3 is 2.61 bits per heavy atom. The lowest BCUT2D eigenvalue weighted by atomic mass is 10.1. The van der Waals surface area contributed by atoms with Gasteiger partial charge in [0.05, 0.1) is 23.8 Å². The van der Waals surface area contributed by atoms with Gasteiger partial charge in [-0.2, -0.15) is 4.98 Å². The predicted molar refractivity (Wildman–Crippen MR) is 127 cm³/mol. The molecule has 0 atom stereocenters. The molecule has 0 spiro atoms. The third-order valence-electron chi connectivity index (χ3n) is 5.61. The molecule has 1 saturated heterocycles. The Morgan fingerprint density at radius 2 is 1.79 bits per heavy atom. The van der Waals surface area contributed by atoms with Crippen LogP contribution in [0.4, 0.5) is 11.6 Å². The minimum Gasteiger partial charge on any atom is -0.379 e. The highest BCUT2D eigenvalue weighted by molar-refractivity contribution is 7.90. The van der Waals surface area contributed by atoms with Crippen molar-refractivity contribution in [2.24, 2.45) is 0 Å². The van der Waals surface area contributed by atoms with E-state index in [-0.39, 0.29) is 4.90 Å².